The summed E-state index contributed by atoms with van der Waals surface area (Å²) in [6.45, 7) is 8.09. The van der Waals surface area contributed by atoms with E-state index >= 15 is 0 Å². The molecule has 2 unspecified atom stereocenters. The van der Waals surface area contributed by atoms with Crippen LogP contribution < -0.4 is 0 Å². The molecular formula is C19H34NO6+. The second kappa shape index (κ2) is 8.67. The standard InChI is InChI=1S/C19H34NO6/c1-5-24-17(22)14-8-10-16(11-9-14)26-20(12-6-7-15(20)13-21)18(23)25-19(2,3)4/h14-16,21H,5-13H2,1-4H3/q+1. The van der Waals surface area contributed by atoms with Crippen LogP contribution in [0.5, 0.6) is 0 Å². The zero-order valence-corrected chi connectivity index (χ0v) is 16.5. The highest BCUT2D eigenvalue weighted by Gasteiger charge is 2.55. The summed E-state index contributed by atoms with van der Waals surface area (Å²) in [5.74, 6) is -0.228. The maximum atomic E-state index is 12.9. The maximum absolute atomic E-state index is 12.9. The van der Waals surface area contributed by atoms with Crippen LogP contribution in [-0.2, 0) is 19.1 Å². The molecule has 1 amide bonds. The minimum absolute atomic E-state index is 0.0861. The van der Waals surface area contributed by atoms with Crippen LogP contribution in [0.4, 0.5) is 4.79 Å². The third kappa shape index (κ3) is 4.96. The van der Waals surface area contributed by atoms with Gasteiger partial charge in [0.1, 0.15) is 18.2 Å². The van der Waals surface area contributed by atoms with Crippen LogP contribution in [0.15, 0.2) is 0 Å². The molecule has 0 aromatic carbocycles. The number of hydrogen-bond donors (Lipinski definition) is 1. The Hall–Kier alpha value is -1.18. The van der Waals surface area contributed by atoms with Gasteiger partial charge in [0.15, 0.2) is 6.04 Å². The maximum Gasteiger partial charge on any atom is 0.550 e. The zero-order valence-electron chi connectivity index (χ0n) is 16.5. The van der Waals surface area contributed by atoms with Gasteiger partial charge in [0.2, 0.25) is 0 Å². The van der Waals surface area contributed by atoms with Gasteiger partial charge in [-0.3, -0.25) is 4.79 Å². The molecule has 2 aliphatic rings. The number of likely N-dealkylation sites (tertiary alicyclic amines) is 1. The number of amides is 1. The smallest absolute Gasteiger partial charge is 0.466 e. The Balaban J connectivity index is 2.05. The fraction of sp³-hybridized carbons (Fsp3) is 0.895. The van der Waals surface area contributed by atoms with Crippen molar-refractivity contribution >= 4 is 12.1 Å². The van der Waals surface area contributed by atoms with E-state index in [9.17, 15) is 14.7 Å². The largest absolute Gasteiger partial charge is 0.550 e. The summed E-state index contributed by atoms with van der Waals surface area (Å²) < 4.78 is 10.5. The summed E-state index contributed by atoms with van der Waals surface area (Å²) in [6.07, 6.45) is 3.77. The SMILES string of the molecule is CCOC(=O)C1CCC(O[N+]2(C(=O)OC(C)(C)C)CCCC2CO)CC1. The van der Waals surface area contributed by atoms with Crippen molar-refractivity contribution in [3.63, 3.8) is 0 Å². The van der Waals surface area contributed by atoms with Gasteiger partial charge in [0.05, 0.1) is 19.1 Å². The topological polar surface area (TPSA) is 82.1 Å². The zero-order chi connectivity index (χ0) is 19.4. The second-order valence-corrected chi connectivity index (χ2v) is 8.31. The quantitative estimate of drug-likeness (QED) is 0.590. The van der Waals surface area contributed by atoms with E-state index in [0.717, 1.165) is 12.8 Å². The molecule has 0 aromatic heterocycles. The fourth-order valence-electron chi connectivity index (χ4n) is 3.87. The molecule has 0 aromatic rings. The predicted octanol–water partition coefficient (Wildman–Crippen LogP) is 2.95. The molecule has 0 bridgehead atoms. The molecule has 1 aliphatic carbocycles. The molecule has 150 valence electrons. The molecule has 0 spiro atoms. The molecule has 1 saturated heterocycles. The molecule has 1 aliphatic heterocycles. The third-order valence-corrected chi connectivity index (χ3v) is 5.16. The number of aliphatic hydroxyl groups excluding tert-OH is 1. The number of hydroxylamine groups is 3. The van der Waals surface area contributed by atoms with E-state index in [4.69, 9.17) is 14.3 Å². The summed E-state index contributed by atoms with van der Waals surface area (Å²) in [4.78, 5) is 31.1. The van der Waals surface area contributed by atoms with Crippen molar-refractivity contribution in [2.24, 2.45) is 5.92 Å². The monoisotopic (exact) mass is 372 g/mol. The van der Waals surface area contributed by atoms with Crippen molar-refractivity contribution in [1.29, 1.82) is 0 Å². The van der Waals surface area contributed by atoms with Crippen LogP contribution in [0, 0.1) is 5.92 Å². The van der Waals surface area contributed by atoms with Gasteiger partial charge >= 0.3 is 12.1 Å². The molecule has 2 rings (SSSR count). The third-order valence-electron chi connectivity index (χ3n) is 5.16. The van der Waals surface area contributed by atoms with Crippen molar-refractivity contribution in [1.82, 2.24) is 0 Å². The molecule has 2 fully saturated rings. The van der Waals surface area contributed by atoms with E-state index in [1.165, 1.54) is 0 Å². The van der Waals surface area contributed by atoms with E-state index < -0.39 is 11.7 Å². The normalized spacial score (nSPS) is 32.3. The Labute approximate surface area is 156 Å². The van der Waals surface area contributed by atoms with Crippen LogP contribution in [0.1, 0.15) is 66.2 Å². The molecule has 1 N–H and O–H groups in total. The van der Waals surface area contributed by atoms with Crippen molar-refractivity contribution < 1.29 is 33.7 Å². The van der Waals surface area contributed by atoms with Crippen LogP contribution in [-0.4, -0.2) is 59.3 Å². The van der Waals surface area contributed by atoms with E-state index in [-0.39, 0.29) is 35.3 Å². The Morgan fingerprint density at radius 1 is 1.12 bits per heavy atom. The number of ether oxygens (including phenoxy) is 2. The van der Waals surface area contributed by atoms with Crippen molar-refractivity contribution in [2.75, 3.05) is 19.8 Å². The van der Waals surface area contributed by atoms with Gasteiger partial charge in [-0.1, -0.05) is 4.65 Å². The number of quaternary nitrogens is 1. The lowest BCUT2D eigenvalue weighted by molar-refractivity contribution is -1.06. The van der Waals surface area contributed by atoms with Gasteiger partial charge in [0.25, 0.3) is 0 Å². The number of nitrogens with zero attached hydrogens (tertiary/aromatic N) is 1. The number of rotatable bonds is 5. The van der Waals surface area contributed by atoms with Crippen molar-refractivity contribution in [2.45, 2.75) is 84.0 Å². The van der Waals surface area contributed by atoms with Crippen LogP contribution in [0.3, 0.4) is 0 Å². The average Bonchev–Trinajstić information content (AvgIpc) is 2.98. The van der Waals surface area contributed by atoms with E-state index in [0.29, 0.717) is 38.8 Å². The molecule has 2 atom stereocenters. The Kier molecular flexibility index (Phi) is 7.05. The molecular weight excluding hydrogens is 338 g/mol. The number of carbonyl (C=O) groups excluding carboxylic acids is 2. The van der Waals surface area contributed by atoms with Gasteiger partial charge in [-0.15, -0.1) is 0 Å². The first kappa shape index (κ1) is 21.1. The summed E-state index contributed by atoms with van der Waals surface area (Å²) in [5.41, 5.74) is -0.615. The number of hydrogen-bond acceptors (Lipinski definition) is 6. The Morgan fingerprint density at radius 3 is 2.31 bits per heavy atom. The fourth-order valence-corrected chi connectivity index (χ4v) is 3.87. The highest BCUT2D eigenvalue weighted by atomic mass is 16.8. The number of carbonyl (C=O) groups is 2. The second-order valence-electron chi connectivity index (χ2n) is 8.31. The highest BCUT2D eigenvalue weighted by molar-refractivity contribution is 5.72. The first-order valence-electron chi connectivity index (χ1n) is 9.79. The Bertz CT molecular complexity index is 495. The lowest BCUT2D eigenvalue weighted by Crippen LogP contribution is -2.60. The van der Waals surface area contributed by atoms with Gasteiger partial charge in [-0.2, -0.15) is 9.63 Å². The number of esters is 1. The highest BCUT2D eigenvalue weighted by Crippen LogP contribution is 2.36. The molecule has 0 radical (unpaired) electrons. The van der Waals surface area contributed by atoms with Gasteiger partial charge in [-0.25, -0.2) is 0 Å². The summed E-state index contributed by atoms with van der Waals surface area (Å²) in [6, 6.07) is -0.298. The number of aliphatic hydroxyl groups is 1. The lowest BCUT2D eigenvalue weighted by Gasteiger charge is -2.38. The summed E-state index contributed by atoms with van der Waals surface area (Å²) in [7, 11) is 0. The molecule has 26 heavy (non-hydrogen) atoms. The van der Waals surface area contributed by atoms with Crippen molar-refractivity contribution in [3.05, 3.63) is 0 Å². The average molecular weight is 372 g/mol. The van der Waals surface area contributed by atoms with Gasteiger partial charge < -0.3 is 14.6 Å². The van der Waals surface area contributed by atoms with E-state index in [1.54, 1.807) is 0 Å². The predicted molar refractivity (Wildman–Crippen MR) is 94.9 cm³/mol. The first-order chi connectivity index (χ1) is 12.2. The minimum atomic E-state index is -0.615. The van der Waals surface area contributed by atoms with Gasteiger partial charge in [0, 0.05) is 12.8 Å². The molecule has 7 heteroatoms. The van der Waals surface area contributed by atoms with E-state index in [1.807, 2.05) is 27.7 Å². The van der Waals surface area contributed by atoms with Gasteiger partial charge in [-0.05, 0) is 53.4 Å². The van der Waals surface area contributed by atoms with Crippen LogP contribution in [0.25, 0.3) is 0 Å². The van der Waals surface area contributed by atoms with Crippen LogP contribution in [0.2, 0.25) is 0 Å². The molecule has 1 heterocycles. The minimum Gasteiger partial charge on any atom is -0.466 e. The lowest BCUT2D eigenvalue weighted by atomic mass is 9.87. The summed E-state index contributed by atoms with van der Waals surface area (Å²) in [5, 5.41) is 9.79. The van der Waals surface area contributed by atoms with Crippen molar-refractivity contribution in [3.8, 4) is 0 Å². The van der Waals surface area contributed by atoms with Crippen LogP contribution >= 0.6 is 0 Å². The molecule has 7 nitrogen and oxygen atoms in total. The first-order valence-corrected chi connectivity index (χ1v) is 9.79. The molecule has 1 saturated carbocycles. The Morgan fingerprint density at radius 2 is 1.77 bits per heavy atom. The summed E-state index contributed by atoms with van der Waals surface area (Å²) >= 11 is 0. The van der Waals surface area contributed by atoms with E-state index in [2.05, 4.69) is 0 Å².